The molecule has 1 aliphatic heterocycles. The fourth-order valence-corrected chi connectivity index (χ4v) is 1.12. The van der Waals surface area contributed by atoms with Crippen molar-refractivity contribution in [2.24, 2.45) is 0 Å². The van der Waals surface area contributed by atoms with Crippen molar-refractivity contribution in [1.82, 2.24) is 10.4 Å². The van der Waals surface area contributed by atoms with Crippen molar-refractivity contribution in [1.29, 1.82) is 0 Å². The van der Waals surface area contributed by atoms with Crippen LogP contribution in [-0.2, 0) is 11.3 Å². The molecule has 0 aromatic carbocycles. The van der Waals surface area contributed by atoms with Crippen LogP contribution >= 0.6 is 0 Å². The molecular formula is C7H7N3O. The Labute approximate surface area is 63.8 Å². The van der Waals surface area contributed by atoms with Crippen LogP contribution in [0.1, 0.15) is 5.56 Å². The fraction of sp³-hybridized carbons (Fsp3) is 0.143. The van der Waals surface area contributed by atoms with Gasteiger partial charge in [-0.05, 0) is 6.07 Å². The minimum Gasteiger partial charge on any atom is -0.277 e. The van der Waals surface area contributed by atoms with Crippen molar-refractivity contribution in [3.63, 3.8) is 0 Å². The average Bonchev–Trinajstić information content (AvgIpc) is 2.47. The molecule has 0 fully saturated rings. The van der Waals surface area contributed by atoms with E-state index in [4.69, 9.17) is 0 Å². The van der Waals surface area contributed by atoms with Crippen LogP contribution in [0.25, 0.3) is 0 Å². The first-order chi connectivity index (χ1) is 5.42. The number of hydrogen-bond donors (Lipinski definition) is 1. The molecule has 1 amide bonds. The Hall–Kier alpha value is -1.42. The van der Waals surface area contributed by atoms with E-state index in [1.807, 2.05) is 12.1 Å². The second-order valence-electron chi connectivity index (χ2n) is 2.30. The topological polar surface area (TPSA) is 45.2 Å². The van der Waals surface area contributed by atoms with E-state index in [2.05, 4.69) is 10.4 Å². The number of aromatic nitrogens is 1. The first-order valence-corrected chi connectivity index (χ1v) is 3.34. The molecule has 0 radical (unpaired) electrons. The van der Waals surface area contributed by atoms with Gasteiger partial charge in [0.15, 0.2) is 5.82 Å². The van der Waals surface area contributed by atoms with Gasteiger partial charge in [0.05, 0.1) is 0 Å². The van der Waals surface area contributed by atoms with Gasteiger partial charge in [-0.1, -0.05) is 6.07 Å². The van der Waals surface area contributed by atoms with Crippen molar-refractivity contribution in [2.75, 3.05) is 5.01 Å². The molecule has 2 heterocycles. The number of nitrogens with zero attached hydrogens (tertiary/aromatic N) is 2. The van der Waals surface area contributed by atoms with Crippen molar-refractivity contribution in [2.45, 2.75) is 6.54 Å². The lowest BCUT2D eigenvalue weighted by Crippen LogP contribution is -2.30. The maximum absolute atomic E-state index is 10.4. The molecule has 56 valence electrons. The summed E-state index contributed by atoms with van der Waals surface area (Å²) in [5, 5.41) is 1.38. The molecule has 0 unspecified atom stereocenters. The Morgan fingerprint density at radius 1 is 1.73 bits per heavy atom. The number of hydrazine groups is 1. The summed E-state index contributed by atoms with van der Waals surface area (Å²) in [6.45, 7) is 0.682. The predicted octanol–water partition coefficient (Wildman–Crippen LogP) is 0.0626. The van der Waals surface area contributed by atoms with E-state index in [1.54, 1.807) is 6.20 Å². The van der Waals surface area contributed by atoms with Gasteiger partial charge < -0.3 is 0 Å². The lowest BCUT2D eigenvalue weighted by atomic mass is 10.3. The van der Waals surface area contributed by atoms with Gasteiger partial charge in [-0.2, -0.15) is 0 Å². The van der Waals surface area contributed by atoms with E-state index in [-0.39, 0.29) is 0 Å². The summed E-state index contributed by atoms with van der Waals surface area (Å²) in [4.78, 5) is 14.4. The van der Waals surface area contributed by atoms with Crippen molar-refractivity contribution in [3.05, 3.63) is 23.9 Å². The number of rotatable bonds is 1. The van der Waals surface area contributed by atoms with Crippen molar-refractivity contribution in [3.8, 4) is 0 Å². The van der Waals surface area contributed by atoms with Crippen LogP contribution in [0.5, 0.6) is 0 Å². The standard InChI is InChI=1S/C7H7N3O/c11-5-10-7-6(4-9-10)2-1-3-8-7/h1-3,5,9H,4H2. The van der Waals surface area contributed by atoms with Crippen LogP contribution in [0.4, 0.5) is 5.82 Å². The first kappa shape index (κ1) is 6.30. The summed E-state index contributed by atoms with van der Waals surface area (Å²) < 4.78 is 0. The Kier molecular flexibility index (Phi) is 1.33. The number of carbonyl (C=O) groups is 1. The van der Waals surface area contributed by atoms with Gasteiger partial charge in [0, 0.05) is 18.3 Å². The van der Waals surface area contributed by atoms with Gasteiger partial charge >= 0.3 is 0 Å². The molecule has 0 saturated carbocycles. The third-order valence-corrected chi connectivity index (χ3v) is 1.64. The largest absolute Gasteiger partial charge is 0.277 e. The highest BCUT2D eigenvalue weighted by atomic mass is 16.1. The zero-order chi connectivity index (χ0) is 7.68. The van der Waals surface area contributed by atoms with Crippen molar-refractivity contribution >= 4 is 12.2 Å². The minimum atomic E-state index is 0.682. The zero-order valence-electron chi connectivity index (χ0n) is 5.82. The monoisotopic (exact) mass is 149 g/mol. The number of anilines is 1. The number of fused-ring (bicyclic) bond motifs is 1. The van der Waals surface area contributed by atoms with Crippen LogP contribution in [0.3, 0.4) is 0 Å². The van der Waals surface area contributed by atoms with Gasteiger partial charge in [-0.15, -0.1) is 0 Å². The molecule has 1 aliphatic rings. The molecule has 11 heavy (non-hydrogen) atoms. The molecule has 0 saturated heterocycles. The van der Waals surface area contributed by atoms with Gasteiger partial charge in [-0.25, -0.2) is 15.4 Å². The normalized spacial score (nSPS) is 14.7. The second kappa shape index (κ2) is 2.32. The second-order valence-corrected chi connectivity index (χ2v) is 2.30. The zero-order valence-corrected chi connectivity index (χ0v) is 5.82. The smallest absolute Gasteiger partial charge is 0.229 e. The highest BCUT2D eigenvalue weighted by Crippen LogP contribution is 2.19. The lowest BCUT2D eigenvalue weighted by Gasteiger charge is -2.06. The first-order valence-electron chi connectivity index (χ1n) is 3.34. The van der Waals surface area contributed by atoms with Gasteiger partial charge in [0.1, 0.15) is 0 Å². The SMILES string of the molecule is O=CN1NCc2cccnc21. The van der Waals surface area contributed by atoms with Crippen LogP contribution in [0.15, 0.2) is 18.3 Å². The average molecular weight is 149 g/mol. The number of pyridine rings is 1. The third kappa shape index (κ3) is 0.877. The van der Waals surface area contributed by atoms with E-state index >= 15 is 0 Å². The molecular weight excluding hydrogens is 142 g/mol. The molecule has 4 nitrogen and oxygen atoms in total. The fourth-order valence-electron chi connectivity index (χ4n) is 1.12. The Bertz CT molecular complexity index is 287. The summed E-state index contributed by atoms with van der Waals surface area (Å²) >= 11 is 0. The van der Waals surface area contributed by atoms with E-state index < -0.39 is 0 Å². The lowest BCUT2D eigenvalue weighted by molar-refractivity contribution is -0.108. The Morgan fingerprint density at radius 2 is 2.64 bits per heavy atom. The Morgan fingerprint density at radius 3 is 3.45 bits per heavy atom. The molecule has 0 atom stereocenters. The summed E-state index contributed by atoms with van der Waals surface area (Å²) in [6.07, 6.45) is 2.39. The van der Waals surface area contributed by atoms with E-state index in [0.717, 1.165) is 12.0 Å². The summed E-state index contributed by atoms with van der Waals surface area (Å²) in [6, 6.07) is 3.80. The highest BCUT2D eigenvalue weighted by Gasteiger charge is 2.17. The number of hydrogen-bond acceptors (Lipinski definition) is 3. The van der Waals surface area contributed by atoms with Crippen LogP contribution in [0.2, 0.25) is 0 Å². The van der Waals surface area contributed by atoms with Crippen LogP contribution in [-0.4, -0.2) is 11.4 Å². The molecule has 0 aliphatic carbocycles. The number of nitrogens with one attached hydrogen (secondary N) is 1. The molecule has 0 bridgehead atoms. The molecule has 1 aromatic heterocycles. The van der Waals surface area contributed by atoms with E-state index in [0.29, 0.717) is 12.4 Å². The van der Waals surface area contributed by atoms with Gasteiger partial charge in [0.25, 0.3) is 0 Å². The molecule has 2 rings (SSSR count). The molecule has 1 N–H and O–H groups in total. The summed E-state index contributed by atoms with van der Waals surface area (Å²) in [5.74, 6) is 0.711. The maximum atomic E-state index is 10.4. The van der Waals surface area contributed by atoms with Crippen LogP contribution in [0, 0.1) is 0 Å². The predicted molar refractivity (Wildman–Crippen MR) is 39.6 cm³/mol. The molecule has 4 heteroatoms. The van der Waals surface area contributed by atoms with E-state index in [9.17, 15) is 4.79 Å². The van der Waals surface area contributed by atoms with E-state index in [1.165, 1.54) is 5.01 Å². The quantitative estimate of drug-likeness (QED) is 0.574. The van der Waals surface area contributed by atoms with Gasteiger partial charge in [-0.3, -0.25) is 4.79 Å². The molecule has 1 aromatic rings. The maximum Gasteiger partial charge on any atom is 0.229 e. The minimum absolute atomic E-state index is 0.682. The number of carbonyl (C=O) groups excluding carboxylic acids is 1. The highest BCUT2D eigenvalue weighted by molar-refractivity contribution is 5.75. The summed E-state index contributed by atoms with van der Waals surface area (Å²) in [5.41, 5.74) is 3.93. The summed E-state index contributed by atoms with van der Waals surface area (Å²) in [7, 11) is 0. The number of amides is 1. The third-order valence-electron chi connectivity index (χ3n) is 1.64. The van der Waals surface area contributed by atoms with Crippen molar-refractivity contribution < 1.29 is 4.79 Å². The van der Waals surface area contributed by atoms with Gasteiger partial charge in [0.2, 0.25) is 6.41 Å². The van der Waals surface area contributed by atoms with Crippen LogP contribution < -0.4 is 10.4 Å². The Balaban J connectivity index is 2.46. The molecule has 0 spiro atoms.